The molecule has 0 radical (unpaired) electrons. The summed E-state index contributed by atoms with van der Waals surface area (Å²) in [6.07, 6.45) is 8.21. The molecule has 21 heavy (non-hydrogen) atoms. The van der Waals surface area contributed by atoms with Gasteiger partial charge in [0.1, 0.15) is 0 Å². The second kappa shape index (κ2) is 12.6. The minimum atomic E-state index is -3.36. The van der Waals surface area contributed by atoms with E-state index < -0.39 is 7.67 Å². The molecule has 5 heteroatoms. The van der Waals surface area contributed by atoms with Crippen LogP contribution in [0.3, 0.4) is 0 Å². The number of unbranched alkanes of at least 4 members (excludes halogenated alkanes) is 4. The lowest BCUT2D eigenvalue weighted by Crippen LogP contribution is -2.34. The van der Waals surface area contributed by atoms with Gasteiger partial charge >= 0.3 is 7.67 Å². The lowest BCUT2D eigenvalue weighted by atomic mass is 10.3. The largest absolute Gasteiger partial charge is 0.343 e. The van der Waals surface area contributed by atoms with E-state index in [0.29, 0.717) is 0 Å². The van der Waals surface area contributed by atoms with Gasteiger partial charge < -0.3 is 4.89 Å². The summed E-state index contributed by atoms with van der Waals surface area (Å²) in [5, 5.41) is 0. The van der Waals surface area contributed by atoms with E-state index in [1.54, 1.807) is 0 Å². The van der Waals surface area contributed by atoms with Gasteiger partial charge in [-0.2, -0.15) is 0 Å². The van der Waals surface area contributed by atoms with E-state index in [4.69, 9.17) is 0 Å². The Morgan fingerprint density at radius 1 is 0.667 bits per heavy atom. The van der Waals surface area contributed by atoms with Crippen molar-refractivity contribution in [3.05, 3.63) is 0 Å². The fourth-order valence-electron chi connectivity index (χ4n) is 2.29. The molecule has 0 rings (SSSR count). The SMILES string of the molecule is CCCCN(CCCC)P(=O)(O)N(CCCC)CCCC. The molecule has 0 spiro atoms. The number of rotatable bonds is 14. The van der Waals surface area contributed by atoms with Crippen LogP contribution in [0.5, 0.6) is 0 Å². The highest BCUT2D eigenvalue weighted by Crippen LogP contribution is 2.49. The molecule has 0 saturated carbocycles. The van der Waals surface area contributed by atoms with Crippen LogP contribution in [0.4, 0.5) is 0 Å². The Bertz CT molecular complexity index is 247. The Kier molecular flexibility index (Phi) is 12.7. The van der Waals surface area contributed by atoms with Crippen molar-refractivity contribution in [1.29, 1.82) is 0 Å². The van der Waals surface area contributed by atoms with Crippen molar-refractivity contribution in [1.82, 2.24) is 9.34 Å². The first-order chi connectivity index (χ1) is 10.0. The fraction of sp³-hybridized carbons (Fsp3) is 1.00. The molecule has 0 aliphatic heterocycles. The Balaban J connectivity index is 4.89. The summed E-state index contributed by atoms with van der Waals surface area (Å²) in [6.45, 7) is 11.5. The molecule has 0 aromatic carbocycles. The number of nitrogens with zero attached hydrogens (tertiary/aromatic N) is 2. The van der Waals surface area contributed by atoms with Crippen molar-refractivity contribution in [2.75, 3.05) is 26.2 Å². The third-order valence-electron chi connectivity index (χ3n) is 3.82. The molecule has 0 unspecified atom stereocenters. The Morgan fingerprint density at radius 2 is 0.905 bits per heavy atom. The van der Waals surface area contributed by atoms with Crippen LogP contribution in [-0.4, -0.2) is 40.4 Å². The predicted octanol–water partition coefficient (Wildman–Crippen LogP) is 4.89. The van der Waals surface area contributed by atoms with E-state index in [-0.39, 0.29) is 0 Å². The lowest BCUT2D eigenvalue weighted by Gasteiger charge is -2.35. The molecule has 0 fully saturated rings. The van der Waals surface area contributed by atoms with Crippen LogP contribution in [0, 0.1) is 0 Å². The molecule has 0 aliphatic rings. The first-order valence-corrected chi connectivity index (χ1v) is 10.4. The summed E-state index contributed by atoms with van der Waals surface area (Å²) in [6, 6.07) is 0. The van der Waals surface area contributed by atoms with Crippen LogP contribution in [0.2, 0.25) is 0 Å². The van der Waals surface area contributed by atoms with Gasteiger partial charge in [0.25, 0.3) is 0 Å². The molecule has 0 amide bonds. The third kappa shape index (κ3) is 8.35. The highest BCUT2D eigenvalue weighted by atomic mass is 31.2. The molecule has 0 saturated heterocycles. The van der Waals surface area contributed by atoms with E-state index in [9.17, 15) is 9.46 Å². The summed E-state index contributed by atoms with van der Waals surface area (Å²) in [7, 11) is -3.36. The van der Waals surface area contributed by atoms with Gasteiger partial charge in [0, 0.05) is 26.2 Å². The molecule has 0 heterocycles. The third-order valence-corrected chi connectivity index (χ3v) is 6.09. The molecule has 0 atom stereocenters. The molecule has 0 aromatic heterocycles. The van der Waals surface area contributed by atoms with Gasteiger partial charge in [-0.3, -0.25) is 4.57 Å². The Labute approximate surface area is 132 Å². The van der Waals surface area contributed by atoms with Gasteiger partial charge in [-0.15, -0.1) is 0 Å². The Hall–Kier alpha value is 0.110. The molecule has 0 bridgehead atoms. The minimum absolute atomic E-state index is 0.735. The zero-order valence-corrected chi connectivity index (χ0v) is 15.6. The zero-order chi connectivity index (χ0) is 16.1. The Morgan fingerprint density at radius 3 is 1.10 bits per heavy atom. The molecule has 128 valence electrons. The summed E-state index contributed by atoms with van der Waals surface area (Å²) in [4.78, 5) is 10.7. The molecule has 4 nitrogen and oxygen atoms in total. The maximum Gasteiger partial charge on any atom is 0.343 e. The van der Waals surface area contributed by atoms with E-state index in [1.165, 1.54) is 0 Å². The van der Waals surface area contributed by atoms with Crippen molar-refractivity contribution in [2.45, 2.75) is 79.1 Å². The quantitative estimate of drug-likeness (QED) is 0.463. The zero-order valence-electron chi connectivity index (χ0n) is 14.7. The molecular weight excluding hydrogens is 283 g/mol. The van der Waals surface area contributed by atoms with Crippen molar-refractivity contribution in [2.24, 2.45) is 0 Å². The van der Waals surface area contributed by atoms with Crippen LogP contribution in [0.25, 0.3) is 0 Å². The topological polar surface area (TPSA) is 43.8 Å². The van der Waals surface area contributed by atoms with Gasteiger partial charge in [0.15, 0.2) is 0 Å². The van der Waals surface area contributed by atoms with E-state index in [0.717, 1.165) is 77.5 Å². The van der Waals surface area contributed by atoms with Crippen molar-refractivity contribution in [3.8, 4) is 0 Å². The van der Waals surface area contributed by atoms with Gasteiger partial charge in [0.2, 0.25) is 0 Å². The van der Waals surface area contributed by atoms with Crippen molar-refractivity contribution < 1.29 is 9.46 Å². The van der Waals surface area contributed by atoms with Crippen LogP contribution in [0.15, 0.2) is 0 Å². The number of hydrogen-bond donors (Lipinski definition) is 1. The van der Waals surface area contributed by atoms with Crippen LogP contribution >= 0.6 is 7.67 Å². The van der Waals surface area contributed by atoms with Gasteiger partial charge in [-0.05, 0) is 25.7 Å². The summed E-state index contributed by atoms with van der Waals surface area (Å²) < 4.78 is 16.8. The fourth-order valence-corrected chi connectivity index (χ4v) is 4.25. The normalized spacial score (nSPS) is 12.5. The summed E-state index contributed by atoms with van der Waals surface area (Å²) in [5.74, 6) is 0. The lowest BCUT2D eigenvalue weighted by molar-refractivity contribution is 0.257. The van der Waals surface area contributed by atoms with Crippen LogP contribution in [-0.2, 0) is 4.57 Å². The molecule has 0 aromatic rings. The monoisotopic (exact) mass is 320 g/mol. The minimum Gasteiger partial charge on any atom is -0.322 e. The average Bonchev–Trinajstić information content (AvgIpc) is 2.47. The van der Waals surface area contributed by atoms with E-state index in [1.807, 2.05) is 9.34 Å². The second-order valence-electron chi connectivity index (χ2n) is 5.83. The molecule has 1 N–H and O–H groups in total. The first-order valence-electron chi connectivity index (χ1n) is 8.88. The predicted molar refractivity (Wildman–Crippen MR) is 92.6 cm³/mol. The maximum atomic E-state index is 13.0. The first kappa shape index (κ1) is 21.1. The van der Waals surface area contributed by atoms with Crippen molar-refractivity contribution >= 4 is 7.67 Å². The van der Waals surface area contributed by atoms with Crippen molar-refractivity contribution in [3.63, 3.8) is 0 Å². The summed E-state index contributed by atoms with van der Waals surface area (Å²) >= 11 is 0. The smallest absolute Gasteiger partial charge is 0.322 e. The highest BCUT2D eigenvalue weighted by molar-refractivity contribution is 7.52. The highest BCUT2D eigenvalue weighted by Gasteiger charge is 2.33. The van der Waals surface area contributed by atoms with Crippen LogP contribution < -0.4 is 0 Å². The van der Waals surface area contributed by atoms with E-state index >= 15 is 0 Å². The standard InChI is InChI=1S/C16H37N2O2P/c1-5-9-13-17(14-10-6-2)21(19,20)18(15-11-7-3)16-12-8-4/h5-16H2,1-4H3,(H,19,20). The van der Waals surface area contributed by atoms with E-state index in [2.05, 4.69) is 27.7 Å². The van der Waals surface area contributed by atoms with Gasteiger partial charge in [0.05, 0.1) is 0 Å². The van der Waals surface area contributed by atoms with Gasteiger partial charge in [-0.25, -0.2) is 9.34 Å². The van der Waals surface area contributed by atoms with Crippen LogP contribution in [0.1, 0.15) is 79.1 Å². The molecular formula is C16H37N2O2P. The summed E-state index contributed by atoms with van der Waals surface area (Å²) in [5.41, 5.74) is 0. The maximum absolute atomic E-state index is 13.0. The second-order valence-corrected chi connectivity index (χ2v) is 7.99. The molecule has 0 aliphatic carbocycles. The number of hydrogen-bond acceptors (Lipinski definition) is 1. The van der Waals surface area contributed by atoms with Gasteiger partial charge in [-0.1, -0.05) is 53.4 Å². The average molecular weight is 320 g/mol.